The monoisotopic (exact) mass is 512 g/mol. The summed E-state index contributed by atoms with van der Waals surface area (Å²) in [5, 5.41) is 2.73. The average Bonchev–Trinajstić information content (AvgIpc) is 3.58. The molecule has 182 valence electrons. The van der Waals surface area contributed by atoms with Crippen LogP contribution >= 0.6 is 22.9 Å². The van der Waals surface area contributed by atoms with Crippen molar-refractivity contribution in [3.63, 3.8) is 0 Å². The smallest absolute Gasteiger partial charge is 0.254 e. The fourth-order valence-electron chi connectivity index (χ4n) is 4.50. The van der Waals surface area contributed by atoms with E-state index >= 15 is 0 Å². The minimum atomic E-state index is -0.394. The van der Waals surface area contributed by atoms with Gasteiger partial charge in [-0.1, -0.05) is 11.6 Å². The highest BCUT2D eigenvalue weighted by atomic mass is 35.5. The molecule has 5 nitrogen and oxygen atoms in total. The van der Waals surface area contributed by atoms with Crippen LogP contribution in [0.4, 0.5) is 4.39 Å². The maximum atomic E-state index is 13.6. The summed E-state index contributed by atoms with van der Waals surface area (Å²) >= 11 is 7.84. The third-order valence-corrected chi connectivity index (χ3v) is 8.02. The Morgan fingerprint density at radius 1 is 1.17 bits per heavy atom. The topological polar surface area (TPSA) is 49.9 Å². The molecule has 1 aromatic heterocycles. The van der Waals surface area contributed by atoms with E-state index in [4.69, 9.17) is 16.3 Å². The number of nitrogens with zero attached hydrogens (tertiary/aromatic N) is 2. The van der Waals surface area contributed by atoms with Gasteiger partial charge in [-0.25, -0.2) is 4.39 Å². The lowest BCUT2D eigenvalue weighted by molar-refractivity contribution is -0.135. The molecule has 3 aromatic rings. The first-order valence-electron chi connectivity index (χ1n) is 11.7. The molecule has 0 spiro atoms. The van der Waals surface area contributed by atoms with E-state index < -0.39 is 5.82 Å². The van der Waals surface area contributed by atoms with Gasteiger partial charge in [-0.15, -0.1) is 11.3 Å². The number of thiophene rings is 1. The summed E-state index contributed by atoms with van der Waals surface area (Å²) in [5.74, 6) is -0.0365. The Kier molecular flexibility index (Phi) is 6.80. The third kappa shape index (κ3) is 5.21. The molecule has 0 N–H and O–H groups in total. The highest BCUT2D eigenvalue weighted by Gasteiger charge is 2.38. The summed E-state index contributed by atoms with van der Waals surface area (Å²) in [6.45, 7) is 2.80. The number of aryl methyl sites for hydroxylation is 1. The fourth-order valence-corrected chi connectivity index (χ4v) is 5.55. The van der Waals surface area contributed by atoms with Crippen molar-refractivity contribution in [1.29, 1.82) is 0 Å². The first kappa shape index (κ1) is 23.8. The lowest BCUT2D eigenvalue weighted by Crippen LogP contribution is -2.48. The zero-order valence-electron chi connectivity index (χ0n) is 19.4. The molecule has 1 unspecified atom stereocenters. The first-order valence-corrected chi connectivity index (χ1v) is 13.0. The number of carbonyl (C=O) groups excluding carboxylic acids is 2. The Labute approximate surface area is 213 Å². The molecule has 5 rings (SSSR count). The van der Waals surface area contributed by atoms with Crippen LogP contribution in [0.2, 0.25) is 5.02 Å². The van der Waals surface area contributed by atoms with Gasteiger partial charge in [-0.2, -0.15) is 0 Å². The molecule has 1 atom stereocenters. The second-order valence-corrected chi connectivity index (χ2v) is 10.5. The zero-order valence-corrected chi connectivity index (χ0v) is 20.9. The Balaban J connectivity index is 1.34. The van der Waals surface area contributed by atoms with Crippen LogP contribution in [0.3, 0.4) is 0 Å². The number of hydrogen-bond acceptors (Lipinski definition) is 4. The standard InChI is InChI=1S/C27H26ClFN2O3S/c1-17-14-21(8-9-23(17)28)34-16-24-22-11-13-35-25(22)10-12-30(24)26(32)15-31(20-6-7-20)27(33)18-2-4-19(29)5-3-18/h2-5,8-9,11,13-14,20,24H,6-7,10,12,15-16H2,1H3. The number of rotatable bonds is 7. The summed E-state index contributed by atoms with van der Waals surface area (Å²) < 4.78 is 19.5. The Hall–Kier alpha value is -2.90. The van der Waals surface area contributed by atoms with Crippen LogP contribution in [0.15, 0.2) is 53.9 Å². The van der Waals surface area contributed by atoms with Crippen molar-refractivity contribution in [3.05, 3.63) is 86.3 Å². The quantitative estimate of drug-likeness (QED) is 0.410. The zero-order chi connectivity index (χ0) is 24.5. The van der Waals surface area contributed by atoms with E-state index in [1.54, 1.807) is 22.3 Å². The van der Waals surface area contributed by atoms with Crippen molar-refractivity contribution >= 4 is 34.8 Å². The van der Waals surface area contributed by atoms with E-state index in [0.717, 1.165) is 30.4 Å². The summed E-state index contributed by atoms with van der Waals surface area (Å²) in [6.07, 6.45) is 2.53. The van der Waals surface area contributed by atoms with E-state index in [1.165, 1.54) is 29.1 Å². The molecule has 0 radical (unpaired) electrons. The summed E-state index contributed by atoms with van der Waals surface area (Å²) in [5.41, 5.74) is 2.42. The predicted octanol–water partition coefficient (Wildman–Crippen LogP) is 5.66. The summed E-state index contributed by atoms with van der Waals surface area (Å²) in [6, 6.07) is 12.9. The van der Waals surface area contributed by atoms with Crippen LogP contribution in [0.25, 0.3) is 0 Å². The molecule has 2 heterocycles. The van der Waals surface area contributed by atoms with Crippen molar-refractivity contribution in [3.8, 4) is 5.75 Å². The minimum absolute atomic E-state index is 0.00308. The lowest BCUT2D eigenvalue weighted by atomic mass is 10.00. The molecule has 1 fully saturated rings. The third-order valence-electron chi connectivity index (χ3n) is 6.60. The Morgan fingerprint density at radius 3 is 2.66 bits per heavy atom. The largest absolute Gasteiger partial charge is 0.491 e. The second-order valence-electron chi connectivity index (χ2n) is 9.05. The van der Waals surface area contributed by atoms with Gasteiger partial charge in [0.05, 0.1) is 6.04 Å². The number of hydrogen-bond donors (Lipinski definition) is 0. The van der Waals surface area contributed by atoms with Crippen LogP contribution in [-0.2, 0) is 11.2 Å². The van der Waals surface area contributed by atoms with Crippen LogP contribution in [0.1, 0.15) is 45.2 Å². The fraction of sp³-hybridized carbons (Fsp3) is 0.333. The van der Waals surface area contributed by atoms with Gasteiger partial charge >= 0.3 is 0 Å². The molecule has 2 aliphatic rings. The Morgan fingerprint density at radius 2 is 1.94 bits per heavy atom. The predicted molar refractivity (Wildman–Crippen MR) is 135 cm³/mol. The second kappa shape index (κ2) is 9.99. The van der Waals surface area contributed by atoms with Crippen molar-refractivity contribution in [1.82, 2.24) is 9.80 Å². The van der Waals surface area contributed by atoms with Gasteiger partial charge in [0, 0.05) is 28.0 Å². The number of carbonyl (C=O) groups is 2. The maximum Gasteiger partial charge on any atom is 0.254 e. The molecule has 2 aromatic carbocycles. The number of amides is 2. The summed E-state index contributed by atoms with van der Waals surface area (Å²) in [4.78, 5) is 31.5. The molecule has 0 bridgehead atoms. The van der Waals surface area contributed by atoms with Gasteiger partial charge in [-0.3, -0.25) is 9.59 Å². The van der Waals surface area contributed by atoms with E-state index in [1.807, 2.05) is 29.3 Å². The molecule has 0 saturated heterocycles. The number of fused-ring (bicyclic) bond motifs is 1. The lowest BCUT2D eigenvalue weighted by Gasteiger charge is -2.37. The number of benzene rings is 2. The molecule has 1 aliphatic heterocycles. The summed E-state index contributed by atoms with van der Waals surface area (Å²) in [7, 11) is 0. The van der Waals surface area contributed by atoms with Gasteiger partial charge in [0.15, 0.2) is 0 Å². The van der Waals surface area contributed by atoms with Gasteiger partial charge in [0.25, 0.3) is 5.91 Å². The maximum absolute atomic E-state index is 13.6. The van der Waals surface area contributed by atoms with Gasteiger partial charge < -0.3 is 14.5 Å². The molecular formula is C27H26ClFN2O3S. The minimum Gasteiger partial charge on any atom is -0.491 e. The van der Waals surface area contributed by atoms with Crippen molar-refractivity contribution in [2.24, 2.45) is 0 Å². The van der Waals surface area contributed by atoms with E-state index in [2.05, 4.69) is 6.07 Å². The van der Waals surface area contributed by atoms with E-state index in [0.29, 0.717) is 29.5 Å². The van der Waals surface area contributed by atoms with Crippen LogP contribution in [0, 0.1) is 12.7 Å². The van der Waals surface area contributed by atoms with E-state index in [9.17, 15) is 14.0 Å². The molecule has 8 heteroatoms. The van der Waals surface area contributed by atoms with E-state index in [-0.39, 0.29) is 30.4 Å². The van der Waals surface area contributed by atoms with Crippen LogP contribution in [0.5, 0.6) is 5.75 Å². The molecule has 35 heavy (non-hydrogen) atoms. The molecule has 2 amide bonds. The molecule has 1 aliphatic carbocycles. The van der Waals surface area contributed by atoms with Crippen LogP contribution in [-0.4, -0.2) is 47.4 Å². The average molecular weight is 513 g/mol. The highest BCUT2D eigenvalue weighted by Crippen LogP contribution is 2.35. The molecular weight excluding hydrogens is 487 g/mol. The van der Waals surface area contributed by atoms with Gasteiger partial charge in [0.1, 0.15) is 24.7 Å². The van der Waals surface area contributed by atoms with Gasteiger partial charge in [-0.05, 0) is 91.2 Å². The normalized spacial score (nSPS) is 17.1. The van der Waals surface area contributed by atoms with Crippen LogP contribution < -0.4 is 4.74 Å². The first-order chi connectivity index (χ1) is 16.9. The highest BCUT2D eigenvalue weighted by molar-refractivity contribution is 7.10. The Bertz CT molecular complexity index is 1240. The molecule has 1 saturated carbocycles. The van der Waals surface area contributed by atoms with Gasteiger partial charge in [0.2, 0.25) is 5.91 Å². The number of ether oxygens (including phenoxy) is 1. The van der Waals surface area contributed by atoms with Crippen molar-refractivity contribution in [2.75, 3.05) is 19.7 Å². The number of halogens is 2. The van der Waals surface area contributed by atoms with Crippen molar-refractivity contribution in [2.45, 2.75) is 38.3 Å². The SMILES string of the molecule is Cc1cc(OCC2c3ccsc3CCN2C(=O)CN(C(=O)c2ccc(F)cc2)C2CC2)ccc1Cl. The van der Waals surface area contributed by atoms with Crippen molar-refractivity contribution < 1.29 is 18.7 Å².